The van der Waals surface area contributed by atoms with Gasteiger partial charge in [-0.1, -0.05) is 12.1 Å². The first-order valence-corrected chi connectivity index (χ1v) is 8.24. The van der Waals surface area contributed by atoms with Crippen molar-refractivity contribution in [3.63, 3.8) is 0 Å². The normalized spacial score (nSPS) is 10.9. The summed E-state index contributed by atoms with van der Waals surface area (Å²) < 4.78 is 7.19. The van der Waals surface area contributed by atoms with Crippen LogP contribution >= 0.6 is 11.3 Å². The van der Waals surface area contributed by atoms with Crippen molar-refractivity contribution in [3.05, 3.63) is 52.8 Å². The summed E-state index contributed by atoms with van der Waals surface area (Å²) in [4.78, 5) is 19.7. The maximum atomic E-state index is 12.4. The zero-order chi connectivity index (χ0) is 16.4. The van der Waals surface area contributed by atoms with E-state index in [1.165, 1.54) is 0 Å². The highest BCUT2D eigenvalue weighted by Gasteiger charge is 2.15. The predicted molar refractivity (Wildman–Crippen MR) is 91.0 cm³/mol. The number of thiazole rings is 1. The van der Waals surface area contributed by atoms with Crippen LogP contribution in [0.2, 0.25) is 0 Å². The molecule has 0 aliphatic carbocycles. The van der Waals surface area contributed by atoms with Crippen molar-refractivity contribution in [2.24, 2.45) is 0 Å². The van der Waals surface area contributed by atoms with E-state index in [9.17, 15) is 4.79 Å². The van der Waals surface area contributed by atoms with E-state index < -0.39 is 0 Å². The van der Waals surface area contributed by atoms with Gasteiger partial charge in [0.05, 0.1) is 31.5 Å². The fourth-order valence-corrected chi connectivity index (χ4v) is 3.28. The Morgan fingerprint density at radius 3 is 2.78 bits per heavy atom. The van der Waals surface area contributed by atoms with Gasteiger partial charge in [0, 0.05) is 18.6 Å². The van der Waals surface area contributed by atoms with Crippen LogP contribution in [0.5, 0.6) is 5.75 Å². The van der Waals surface area contributed by atoms with Gasteiger partial charge in [-0.3, -0.25) is 9.20 Å². The number of imidazole rings is 1. The Labute approximate surface area is 139 Å². The first kappa shape index (κ1) is 15.6. The Morgan fingerprint density at radius 2 is 2.09 bits per heavy atom. The summed E-state index contributed by atoms with van der Waals surface area (Å²) >= 11 is 1.60. The van der Waals surface area contributed by atoms with Crippen LogP contribution in [0.15, 0.2) is 35.8 Å². The second-order valence-corrected chi connectivity index (χ2v) is 6.35. The lowest BCUT2D eigenvalue weighted by molar-refractivity contribution is -0.129. The van der Waals surface area contributed by atoms with Gasteiger partial charge < -0.3 is 9.64 Å². The topological polar surface area (TPSA) is 46.8 Å². The monoisotopic (exact) mass is 329 g/mol. The van der Waals surface area contributed by atoms with Crippen LogP contribution in [0.25, 0.3) is 4.96 Å². The van der Waals surface area contributed by atoms with E-state index in [2.05, 4.69) is 9.38 Å². The SMILES string of the molecule is COc1ccc(CC(=O)N(C)Cc2c(C)nc3sccn23)cc1. The molecule has 0 aliphatic rings. The molecule has 3 rings (SSSR count). The number of hydrogen-bond acceptors (Lipinski definition) is 4. The van der Waals surface area contributed by atoms with Crippen molar-refractivity contribution in [2.45, 2.75) is 19.9 Å². The molecule has 0 saturated carbocycles. The second-order valence-electron chi connectivity index (χ2n) is 5.47. The number of methoxy groups -OCH3 is 1. The Morgan fingerprint density at radius 1 is 1.35 bits per heavy atom. The molecule has 120 valence electrons. The molecule has 1 amide bonds. The molecule has 0 aliphatic heterocycles. The van der Waals surface area contributed by atoms with E-state index in [1.807, 2.05) is 49.8 Å². The quantitative estimate of drug-likeness (QED) is 0.723. The largest absolute Gasteiger partial charge is 0.497 e. The van der Waals surface area contributed by atoms with Crippen LogP contribution in [-0.2, 0) is 17.8 Å². The van der Waals surface area contributed by atoms with Gasteiger partial charge >= 0.3 is 0 Å². The molecule has 0 saturated heterocycles. The number of ether oxygens (including phenoxy) is 1. The molecule has 2 heterocycles. The highest BCUT2D eigenvalue weighted by molar-refractivity contribution is 7.15. The Balaban J connectivity index is 1.69. The summed E-state index contributed by atoms with van der Waals surface area (Å²) in [7, 11) is 3.46. The number of aromatic nitrogens is 2. The van der Waals surface area contributed by atoms with Gasteiger partial charge in [0.15, 0.2) is 4.96 Å². The highest BCUT2D eigenvalue weighted by atomic mass is 32.1. The number of hydrogen-bond donors (Lipinski definition) is 0. The average molecular weight is 329 g/mol. The van der Waals surface area contributed by atoms with Gasteiger partial charge in [0.1, 0.15) is 5.75 Å². The zero-order valence-corrected chi connectivity index (χ0v) is 14.3. The van der Waals surface area contributed by atoms with Crippen molar-refractivity contribution >= 4 is 22.2 Å². The van der Waals surface area contributed by atoms with E-state index in [-0.39, 0.29) is 5.91 Å². The van der Waals surface area contributed by atoms with E-state index in [0.717, 1.165) is 27.7 Å². The number of amides is 1. The number of rotatable bonds is 5. The molecule has 6 heteroatoms. The smallest absolute Gasteiger partial charge is 0.227 e. The summed E-state index contributed by atoms with van der Waals surface area (Å²) in [5, 5.41) is 2.00. The Hall–Kier alpha value is -2.34. The van der Waals surface area contributed by atoms with E-state index in [4.69, 9.17) is 4.74 Å². The van der Waals surface area contributed by atoms with Crippen molar-refractivity contribution < 1.29 is 9.53 Å². The van der Waals surface area contributed by atoms with Gasteiger partial charge in [0.25, 0.3) is 0 Å². The van der Waals surface area contributed by atoms with Crippen LogP contribution in [0.1, 0.15) is 17.0 Å². The number of carbonyl (C=O) groups is 1. The van der Waals surface area contributed by atoms with Gasteiger partial charge in [-0.2, -0.15) is 0 Å². The third-order valence-corrected chi connectivity index (χ3v) is 4.64. The molecule has 0 bridgehead atoms. The van der Waals surface area contributed by atoms with Crippen LogP contribution < -0.4 is 4.74 Å². The summed E-state index contributed by atoms with van der Waals surface area (Å²) in [6.45, 7) is 2.54. The summed E-state index contributed by atoms with van der Waals surface area (Å²) in [6.07, 6.45) is 2.38. The number of benzene rings is 1. The van der Waals surface area contributed by atoms with Crippen molar-refractivity contribution in [1.29, 1.82) is 0 Å². The Kier molecular flexibility index (Phi) is 4.34. The minimum absolute atomic E-state index is 0.0831. The molecule has 0 unspecified atom stereocenters. The molecule has 0 radical (unpaired) electrons. The molecule has 0 fully saturated rings. The van der Waals surface area contributed by atoms with Crippen LogP contribution in [0, 0.1) is 6.92 Å². The summed E-state index contributed by atoms with van der Waals surface area (Å²) in [5.74, 6) is 0.879. The number of nitrogens with zero attached hydrogens (tertiary/aromatic N) is 3. The van der Waals surface area contributed by atoms with E-state index in [0.29, 0.717) is 13.0 Å². The third kappa shape index (κ3) is 3.22. The molecule has 0 spiro atoms. The molecule has 0 N–H and O–H groups in total. The van der Waals surface area contributed by atoms with Crippen LogP contribution in [-0.4, -0.2) is 34.3 Å². The first-order chi connectivity index (χ1) is 11.1. The van der Waals surface area contributed by atoms with Crippen LogP contribution in [0.3, 0.4) is 0 Å². The van der Waals surface area contributed by atoms with E-state index >= 15 is 0 Å². The minimum atomic E-state index is 0.0831. The van der Waals surface area contributed by atoms with Gasteiger partial charge in [-0.25, -0.2) is 4.98 Å². The molecule has 23 heavy (non-hydrogen) atoms. The average Bonchev–Trinajstić information content (AvgIpc) is 3.10. The fourth-order valence-electron chi connectivity index (χ4n) is 2.50. The number of fused-ring (bicyclic) bond motifs is 1. The molecular weight excluding hydrogens is 310 g/mol. The van der Waals surface area contributed by atoms with Gasteiger partial charge in [0.2, 0.25) is 5.91 Å². The number of aryl methyl sites for hydroxylation is 1. The molecule has 5 nitrogen and oxygen atoms in total. The standard InChI is InChI=1S/C17H19N3O2S/c1-12-15(20-8-9-23-17(20)18-12)11-19(2)16(21)10-13-4-6-14(22-3)7-5-13/h4-9H,10-11H2,1-3H3. The fraction of sp³-hybridized carbons (Fsp3) is 0.294. The van der Waals surface area contributed by atoms with E-state index in [1.54, 1.807) is 23.3 Å². The van der Waals surface area contributed by atoms with Crippen molar-refractivity contribution in [2.75, 3.05) is 14.2 Å². The van der Waals surface area contributed by atoms with Gasteiger partial charge in [-0.15, -0.1) is 11.3 Å². The second kappa shape index (κ2) is 6.42. The lowest BCUT2D eigenvalue weighted by Crippen LogP contribution is -2.28. The summed E-state index contributed by atoms with van der Waals surface area (Å²) in [5.41, 5.74) is 3.01. The maximum Gasteiger partial charge on any atom is 0.227 e. The lowest BCUT2D eigenvalue weighted by Gasteiger charge is -2.17. The highest BCUT2D eigenvalue weighted by Crippen LogP contribution is 2.18. The predicted octanol–water partition coefficient (Wildman–Crippen LogP) is 2.91. The van der Waals surface area contributed by atoms with Crippen molar-refractivity contribution in [3.8, 4) is 5.75 Å². The molecule has 0 atom stereocenters. The molecule has 2 aromatic heterocycles. The van der Waals surface area contributed by atoms with Crippen molar-refractivity contribution in [1.82, 2.24) is 14.3 Å². The maximum absolute atomic E-state index is 12.4. The lowest BCUT2D eigenvalue weighted by atomic mass is 10.1. The van der Waals surface area contributed by atoms with Gasteiger partial charge in [-0.05, 0) is 24.6 Å². The number of likely N-dealkylation sites (N-methyl/N-ethyl adjacent to an activating group) is 1. The first-order valence-electron chi connectivity index (χ1n) is 7.36. The number of carbonyl (C=O) groups excluding carboxylic acids is 1. The third-order valence-electron chi connectivity index (χ3n) is 3.89. The zero-order valence-electron chi connectivity index (χ0n) is 13.4. The Bertz CT molecular complexity index is 820. The molecular formula is C17H19N3O2S. The minimum Gasteiger partial charge on any atom is -0.497 e. The molecule has 1 aromatic carbocycles. The molecule has 3 aromatic rings. The van der Waals surface area contributed by atoms with Crippen LogP contribution in [0.4, 0.5) is 0 Å². The summed E-state index contributed by atoms with van der Waals surface area (Å²) in [6, 6.07) is 7.59.